The van der Waals surface area contributed by atoms with Gasteiger partial charge in [-0.15, -0.1) is 0 Å². The first-order valence-corrected chi connectivity index (χ1v) is 21.2. The van der Waals surface area contributed by atoms with Crippen LogP contribution in [0.2, 0.25) is 0 Å². The Bertz CT molecular complexity index is 990. The Kier molecular flexibility index (Phi) is 12.2. The minimum absolute atomic E-state index is 0. The molecule has 9 nitrogen and oxygen atoms in total. The van der Waals surface area contributed by atoms with E-state index in [-0.39, 0.29) is 17.1 Å². The van der Waals surface area contributed by atoms with Gasteiger partial charge in [-0.2, -0.15) is 13.5 Å². The fourth-order valence-corrected chi connectivity index (χ4v) is 22.6. The van der Waals surface area contributed by atoms with Crippen LogP contribution in [0.5, 0.6) is 0 Å². The molecule has 0 bridgehead atoms. The number of hydrogen-bond acceptors (Lipinski definition) is 9. The van der Waals surface area contributed by atoms with Gasteiger partial charge in [0.1, 0.15) is 0 Å². The molecule has 10 radical (unpaired) electrons. The second kappa shape index (κ2) is 15.5. The van der Waals surface area contributed by atoms with Crippen LogP contribution in [0.15, 0.2) is 13.5 Å². The standard InChI is InChI=1S/C25H44N8OP3.C5H5.Fe/c1-2-13-25(12-1)24-33-22-11-23-34-37(33)27-35(29-14-3-4-15-29,30-16-5-6-17-30)26-36(28-37,31-18-7-8-19-31)32-20-9-10-21-32;1-2-4-5-3-1;/h1-2,12-13H,3-11,14-24H2;1-5H;/q;;+2. The van der Waals surface area contributed by atoms with Crippen molar-refractivity contribution in [3.8, 4) is 0 Å². The Morgan fingerprint density at radius 1 is 0.512 bits per heavy atom. The fourth-order valence-electron chi connectivity index (χ4n) is 7.25. The van der Waals surface area contributed by atoms with Crippen LogP contribution < -0.4 is 0 Å². The van der Waals surface area contributed by atoms with Crippen molar-refractivity contribution in [3.63, 3.8) is 0 Å². The fraction of sp³-hybridized carbons (Fsp3) is 0.667. The van der Waals surface area contributed by atoms with Crippen LogP contribution in [-0.2, 0) is 21.6 Å². The normalized spacial score (nSPS) is 34.0. The maximum atomic E-state index is 7.01. The SMILES string of the molecule is [CH]1[CH][CH][CH][CH]1.[CH]1[CH][CH][C](CN2CCCOP23=NP(N2CCCC2)(N2CCCC2)=NP(N2CCCC2)(N2CCCC2)=N3)[CH]1.[Fe+2]. The predicted octanol–water partition coefficient (Wildman–Crippen LogP) is 7.37. The molecule has 43 heavy (non-hydrogen) atoms. The molecular weight excluding hydrogens is 637 g/mol. The first-order chi connectivity index (χ1) is 20.7. The predicted molar refractivity (Wildman–Crippen MR) is 175 cm³/mol. The first kappa shape index (κ1) is 33.9. The van der Waals surface area contributed by atoms with Gasteiger partial charge in [0.25, 0.3) is 7.58 Å². The average Bonchev–Trinajstić information content (AvgIpc) is 3.89. The summed E-state index contributed by atoms with van der Waals surface area (Å²) in [5.41, 5.74) is 0. The quantitative estimate of drug-likeness (QED) is 0.215. The Hall–Kier alpha value is 0.969. The van der Waals surface area contributed by atoms with Crippen LogP contribution in [0.1, 0.15) is 57.8 Å². The third-order valence-electron chi connectivity index (χ3n) is 9.41. The summed E-state index contributed by atoms with van der Waals surface area (Å²) in [7, 11) is -7.17. The van der Waals surface area contributed by atoms with E-state index < -0.39 is 22.6 Å². The smallest absolute Gasteiger partial charge is 0.316 e. The maximum absolute atomic E-state index is 7.01. The molecule has 5 saturated heterocycles. The summed E-state index contributed by atoms with van der Waals surface area (Å²) in [6, 6.07) is 0. The molecule has 8 rings (SSSR count). The van der Waals surface area contributed by atoms with E-state index in [4.69, 9.17) is 18.1 Å². The summed E-state index contributed by atoms with van der Waals surface area (Å²) in [6.45, 7) is 11.7. The summed E-state index contributed by atoms with van der Waals surface area (Å²) in [5, 5.41) is 0. The van der Waals surface area contributed by atoms with Gasteiger partial charge in [0, 0.05) is 65.4 Å². The zero-order valence-electron chi connectivity index (χ0n) is 25.5. The number of hydrogen-bond donors (Lipinski definition) is 0. The van der Waals surface area contributed by atoms with Crippen molar-refractivity contribution in [1.29, 1.82) is 0 Å². The second-order valence-electron chi connectivity index (χ2n) is 12.3. The Morgan fingerprint density at radius 3 is 1.37 bits per heavy atom. The van der Waals surface area contributed by atoms with Crippen LogP contribution in [0, 0.1) is 63.7 Å². The van der Waals surface area contributed by atoms with Gasteiger partial charge < -0.3 is 4.52 Å². The van der Waals surface area contributed by atoms with Gasteiger partial charge in [-0.05, 0) is 121 Å². The average molecular weight is 687 g/mol. The van der Waals surface area contributed by atoms with E-state index in [9.17, 15) is 0 Å². The molecule has 0 aromatic carbocycles. The van der Waals surface area contributed by atoms with Crippen LogP contribution >= 0.6 is 22.6 Å². The van der Waals surface area contributed by atoms with Crippen molar-refractivity contribution < 1.29 is 21.6 Å². The van der Waals surface area contributed by atoms with E-state index in [2.05, 4.69) is 49.0 Å². The van der Waals surface area contributed by atoms with E-state index in [1.54, 1.807) is 0 Å². The summed E-state index contributed by atoms with van der Waals surface area (Å²) in [6.07, 6.45) is 30.0. The Morgan fingerprint density at radius 2 is 0.930 bits per heavy atom. The molecule has 2 aliphatic carbocycles. The van der Waals surface area contributed by atoms with Crippen molar-refractivity contribution in [2.45, 2.75) is 57.8 Å². The van der Waals surface area contributed by atoms with Crippen molar-refractivity contribution in [1.82, 2.24) is 23.4 Å². The molecule has 236 valence electrons. The van der Waals surface area contributed by atoms with E-state index in [1.807, 2.05) is 32.1 Å². The van der Waals surface area contributed by atoms with E-state index in [0.717, 1.165) is 78.5 Å². The first-order valence-electron chi connectivity index (χ1n) is 16.4. The van der Waals surface area contributed by atoms with Gasteiger partial charge in [0.05, 0.1) is 6.61 Å². The van der Waals surface area contributed by atoms with Gasteiger partial charge in [0.15, 0.2) is 0 Å². The maximum Gasteiger partial charge on any atom is 2.00 e. The molecule has 1 spiro atoms. The van der Waals surface area contributed by atoms with Crippen LogP contribution in [-0.4, -0.2) is 95.4 Å². The largest absolute Gasteiger partial charge is 2.00 e. The molecule has 0 N–H and O–H groups in total. The monoisotopic (exact) mass is 686 g/mol. The van der Waals surface area contributed by atoms with Crippen LogP contribution in [0.4, 0.5) is 0 Å². The van der Waals surface area contributed by atoms with Gasteiger partial charge in [-0.25, -0.2) is 23.4 Å². The van der Waals surface area contributed by atoms with E-state index in [0.29, 0.717) is 0 Å². The van der Waals surface area contributed by atoms with Gasteiger partial charge in [-0.3, -0.25) is 0 Å². The van der Waals surface area contributed by atoms with Crippen molar-refractivity contribution in [3.05, 3.63) is 63.7 Å². The molecule has 7 fully saturated rings. The third-order valence-corrected chi connectivity index (χ3v) is 21.4. The molecule has 1 unspecified atom stereocenters. The van der Waals surface area contributed by atoms with Crippen LogP contribution in [0.25, 0.3) is 0 Å². The summed E-state index contributed by atoms with van der Waals surface area (Å²) >= 11 is 0. The van der Waals surface area contributed by atoms with Crippen molar-refractivity contribution in [2.24, 2.45) is 13.5 Å². The number of nitrogens with zero attached hydrogens (tertiary/aromatic N) is 8. The summed E-state index contributed by atoms with van der Waals surface area (Å²) in [5.74, 6) is 1.36. The topological polar surface area (TPSA) is 62.5 Å². The minimum atomic E-state index is -2.57. The Balaban J connectivity index is 0.000000500. The zero-order valence-corrected chi connectivity index (χ0v) is 29.3. The van der Waals surface area contributed by atoms with Crippen molar-refractivity contribution >= 4 is 22.6 Å². The molecule has 13 heteroatoms. The molecule has 6 heterocycles. The van der Waals surface area contributed by atoms with Gasteiger partial charge >= 0.3 is 17.1 Å². The Labute approximate surface area is 273 Å². The van der Waals surface area contributed by atoms with Gasteiger partial charge in [0.2, 0.25) is 15.0 Å². The molecule has 0 amide bonds. The molecular formula is C30H49FeN8OP3+2. The van der Waals surface area contributed by atoms with Crippen LogP contribution in [0.3, 0.4) is 0 Å². The van der Waals surface area contributed by atoms with E-state index in [1.165, 1.54) is 57.3 Å². The van der Waals surface area contributed by atoms with Gasteiger partial charge in [-0.1, -0.05) is 0 Å². The third kappa shape index (κ3) is 7.07. The molecule has 6 aliphatic heterocycles. The summed E-state index contributed by atoms with van der Waals surface area (Å²) in [4.78, 5) is 0. The molecule has 0 aromatic heterocycles. The van der Waals surface area contributed by atoms with E-state index >= 15 is 0 Å². The molecule has 8 aliphatic rings. The second-order valence-corrected chi connectivity index (χ2v) is 20.7. The molecule has 2 saturated carbocycles. The zero-order chi connectivity index (χ0) is 28.3. The summed E-state index contributed by atoms with van der Waals surface area (Å²) < 4.78 is 38.7. The minimum Gasteiger partial charge on any atom is -0.316 e. The molecule has 0 aromatic rings. The molecule has 1 atom stereocenters. The number of rotatable bonds is 6. The van der Waals surface area contributed by atoms with Crippen molar-refractivity contribution in [2.75, 3.05) is 72.1 Å².